The van der Waals surface area contributed by atoms with Gasteiger partial charge in [0, 0.05) is 6.04 Å². The predicted octanol–water partition coefficient (Wildman–Crippen LogP) is 2.63. The lowest BCUT2D eigenvalue weighted by atomic mass is 9.77. The standard InChI is InChI=1S/C14H28N2/c1-3-14(2)7-9-16(10-8-14)13-6-4-5-12(13)11-15/h12-13H,3-11,15H2,1-2H3. The zero-order valence-electron chi connectivity index (χ0n) is 11.0. The van der Waals surface area contributed by atoms with Crippen molar-refractivity contribution in [2.24, 2.45) is 17.1 Å². The molecule has 0 spiro atoms. The number of likely N-dealkylation sites (tertiary alicyclic amines) is 1. The highest BCUT2D eigenvalue weighted by molar-refractivity contribution is 4.90. The Kier molecular flexibility index (Phi) is 3.91. The first-order valence-corrected chi connectivity index (χ1v) is 7.12. The van der Waals surface area contributed by atoms with E-state index in [2.05, 4.69) is 18.7 Å². The summed E-state index contributed by atoms with van der Waals surface area (Å²) in [5, 5.41) is 0. The average Bonchev–Trinajstić information content (AvgIpc) is 2.78. The van der Waals surface area contributed by atoms with Crippen LogP contribution in [0.5, 0.6) is 0 Å². The second-order valence-electron chi connectivity index (χ2n) is 6.19. The third kappa shape index (κ3) is 2.43. The Bertz CT molecular complexity index is 219. The maximum Gasteiger partial charge on any atom is 0.0136 e. The van der Waals surface area contributed by atoms with E-state index >= 15 is 0 Å². The number of piperidine rings is 1. The van der Waals surface area contributed by atoms with E-state index in [-0.39, 0.29) is 0 Å². The molecule has 94 valence electrons. The number of nitrogens with zero attached hydrogens (tertiary/aromatic N) is 1. The molecule has 2 fully saturated rings. The average molecular weight is 224 g/mol. The quantitative estimate of drug-likeness (QED) is 0.798. The number of hydrogen-bond acceptors (Lipinski definition) is 2. The molecular weight excluding hydrogens is 196 g/mol. The van der Waals surface area contributed by atoms with Crippen LogP contribution in [0.2, 0.25) is 0 Å². The van der Waals surface area contributed by atoms with Gasteiger partial charge >= 0.3 is 0 Å². The van der Waals surface area contributed by atoms with E-state index in [9.17, 15) is 0 Å². The first-order chi connectivity index (χ1) is 7.68. The Labute approximate surface area is 101 Å². The molecular formula is C14H28N2. The molecule has 16 heavy (non-hydrogen) atoms. The van der Waals surface area contributed by atoms with Crippen LogP contribution >= 0.6 is 0 Å². The monoisotopic (exact) mass is 224 g/mol. The van der Waals surface area contributed by atoms with Gasteiger partial charge in [-0.25, -0.2) is 0 Å². The third-order valence-electron chi connectivity index (χ3n) is 5.25. The van der Waals surface area contributed by atoms with Crippen molar-refractivity contribution in [3.8, 4) is 0 Å². The Balaban J connectivity index is 1.89. The van der Waals surface area contributed by atoms with Gasteiger partial charge in [-0.15, -0.1) is 0 Å². The van der Waals surface area contributed by atoms with Crippen LogP contribution in [0.25, 0.3) is 0 Å². The minimum Gasteiger partial charge on any atom is -0.330 e. The molecule has 2 rings (SSSR count). The van der Waals surface area contributed by atoms with Gasteiger partial charge in [-0.3, -0.25) is 0 Å². The van der Waals surface area contributed by atoms with Gasteiger partial charge in [-0.2, -0.15) is 0 Å². The van der Waals surface area contributed by atoms with E-state index in [1.54, 1.807) is 0 Å². The summed E-state index contributed by atoms with van der Waals surface area (Å²) in [6.45, 7) is 8.32. The van der Waals surface area contributed by atoms with E-state index in [0.29, 0.717) is 5.41 Å². The number of hydrogen-bond donors (Lipinski definition) is 1. The van der Waals surface area contributed by atoms with Crippen LogP contribution in [0.15, 0.2) is 0 Å². The zero-order chi connectivity index (χ0) is 11.6. The fourth-order valence-electron chi connectivity index (χ4n) is 3.52. The van der Waals surface area contributed by atoms with Gasteiger partial charge in [0.1, 0.15) is 0 Å². The Morgan fingerprint density at radius 2 is 1.94 bits per heavy atom. The lowest BCUT2D eigenvalue weighted by Gasteiger charge is -2.43. The zero-order valence-corrected chi connectivity index (χ0v) is 11.0. The van der Waals surface area contributed by atoms with Gasteiger partial charge in [0.25, 0.3) is 0 Å². The summed E-state index contributed by atoms with van der Waals surface area (Å²) in [6.07, 6.45) is 8.27. The molecule has 0 radical (unpaired) electrons. The minimum atomic E-state index is 0.618. The van der Waals surface area contributed by atoms with Gasteiger partial charge < -0.3 is 10.6 Å². The lowest BCUT2D eigenvalue weighted by Crippen LogP contribution is -2.46. The molecule has 0 bridgehead atoms. The van der Waals surface area contributed by atoms with Gasteiger partial charge in [-0.1, -0.05) is 26.7 Å². The van der Waals surface area contributed by atoms with Crippen LogP contribution in [0.3, 0.4) is 0 Å². The van der Waals surface area contributed by atoms with E-state index in [0.717, 1.165) is 18.5 Å². The van der Waals surface area contributed by atoms with Crippen molar-refractivity contribution in [3.05, 3.63) is 0 Å². The van der Waals surface area contributed by atoms with E-state index in [1.807, 2.05) is 0 Å². The summed E-state index contributed by atoms with van der Waals surface area (Å²) >= 11 is 0. The van der Waals surface area contributed by atoms with Gasteiger partial charge in [0.05, 0.1) is 0 Å². The summed E-state index contributed by atoms with van der Waals surface area (Å²) in [4.78, 5) is 2.74. The number of rotatable bonds is 3. The molecule has 2 atom stereocenters. The van der Waals surface area contributed by atoms with E-state index in [1.165, 1.54) is 51.6 Å². The summed E-state index contributed by atoms with van der Waals surface area (Å²) in [5.74, 6) is 0.783. The van der Waals surface area contributed by atoms with Crippen molar-refractivity contribution < 1.29 is 0 Å². The minimum absolute atomic E-state index is 0.618. The van der Waals surface area contributed by atoms with Crippen LogP contribution in [0.4, 0.5) is 0 Å². The largest absolute Gasteiger partial charge is 0.330 e. The summed E-state index contributed by atoms with van der Waals surface area (Å²) in [6, 6.07) is 0.811. The highest BCUT2D eigenvalue weighted by Crippen LogP contribution is 2.38. The Morgan fingerprint density at radius 3 is 2.50 bits per heavy atom. The van der Waals surface area contributed by atoms with Gasteiger partial charge in [0.2, 0.25) is 0 Å². The van der Waals surface area contributed by atoms with Crippen molar-refractivity contribution in [1.29, 1.82) is 0 Å². The van der Waals surface area contributed by atoms with E-state index < -0.39 is 0 Å². The van der Waals surface area contributed by atoms with Crippen LogP contribution in [0.1, 0.15) is 52.4 Å². The molecule has 2 nitrogen and oxygen atoms in total. The molecule has 1 heterocycles. The SMILES string of the molecule is CCC1(C)CCN(C2CCCC2CN)CC1. The van der Waals surface area contributed by atoms with Crippen molar-refractivity contribution >= 4 is 0 Å². The van der Waals surface area contributed by atoms with Crippen molar-refractivity contribution in [2.45, 2.75) is 58.4 Å². The highest BCUT2D eigenvalue weighted by Gasteiger charge is 2.35. The predicted molar refractivity (Wildman–Crippen MR) is 69.4 cm³/mol. The fourth-order valence-corrected chi connectivity index (χ4v) is 3.52. The van der Waals surface area contributed by atoms with Gasteiger partial charge in [-0.05, 0) is 56.7 Å². The van der Waals surface area contributed by atoms with Crippen LogP contribution in [-0.2, 0) is 0 Å². The van der Waals surface area contributed by atoms with Crippen molar-refractivity contribution in [1.82, 2.24) is 4.90 Å². The molecule has 1 saturated heterocycles. The molecule has 0 aromatic rings. The molecule has 1 saturated carbocycles. The maximum atomic E-state index is 5.88. The summed E-state index contributed by atoms with van der Waals surface area (Å²) in [7, 11) is 0. The molecule has 2 unspecified atom stereocenters. The smallest absolute Gasteiger partial charge is 0.0136 e. The topological polar surface area (TPSA) is 29.3 Å². The van der Waals surface area contributed by atoms with Gasteiger partial charge in [0.15, 0.2) is 0 Å². The van der Waals surface area contributed by atoms with Crippen LogP contribution in [-0.4, -0.2) is 30.6 Å². The highest BCUT2D eigenvalue weighted by atomic mass is 15.2. The first-order valence-electron chi connectivity index (χ1n) is 7.12. The third-order valence-corrected chi connectivity index (χ3v) is 5.25. The molecule has 1 aliphatic carbocycles. The molecule has 2 heteroatoms. The molecule has 1 aliphatic heterocycles. The summed E-state index contributed by atoms with van der Waals surface area (Å²) < 4.78 is 0. The van der Waals surface area contributed by atoms with E-state index in [4.69, 9.17) is 5.73 Å². The molecule has 0 aromatic heterocycles. The van der Waals surface area contributed by atoms with Crippen molar-refractivity contribution in [3.63, 3.8) is 0 Å². The second kappa shape index (κ2) is 5.05. The molecule has 2 aliphatic rings. The Morgan fingerprint density at radius 1 is 1.25 bits per heavy atom. The first kappa shape index (κ1) is 12.4. The normalized spacial score (nSPS) is 35.4. The lowest BCUT2D eigenvalue weighted by molar-refractivity contribution is 0.0670. The second-order valence-corrected chi connectivity index (χ2v) is 6.19. The maximum absolute atomic E-state index is 5.88. The molecule has 2 N–H and O–H groups in total. The number of nitrogens with two attached hydrogens (primary N) is 1. The Hall–Kier alpha value is -0.0800. The van der Waals surface area contributed by atoms with Crippen molar-refractivity contribution in [2.75, 3.05) is 19.6 Å². The molecule has 0 aromatic carbocycles. The van der Waals surface area contributed by atoms with Crippen LogP contribution in [0, 0.1) is 11.3 Å². The molecule has 0 amide bonds. The fraction of sp³-hybridized carbons (Fsp3) is 1.00. The summed E-state index contributed by atoms with van der Waals surface area (Å²) in [5.41, 5.74) is 6.50. The van der Waals surface area contributed by atoms with Crippen LogP contribution < -0.4 is 5.73 Å².